The van der Waals surface area contributed by atoms with Gasteiger partial charge in [-0.1, -0.05) is 6.08 Å². The van der Waals surface area contributed by atoms with E-state index in [9.17, 15) is 0 Å². The Labute approximate surface area is 67.5 Å². The topological polar surface area (TPSA) is 33.0 Å². The SMILES string of the molecule is C=CCOCC1(CC#N)CC1. The van der Waals surface area contributed by atoms with E-state index in [2.05, 4.69) is 12.6 Å². The van der Waals surface area contributed by atoms with Gasteiger partial charge in [-0.15, -0.1) is 6.58 Å². The van der Waals surface area contributed by atoms with Crippen molar-refractivity contribution >= 4 is 0 Å². The zero-order valence-electron chi connectivity index (χ0n) is 6.68. The van der Waals surface area contributed by atoms with Crippen LogP contribution in [-0.4, -0.2) is 13.2 Å². The van der Waals surface area contributed by atoms with Gasteiger partial charge >= 0.3 is 0 Å². The van der Waals surface area contributed by atoms with Crippen LogP contribution in [0.3, 0.4) is 0 Å². The molecule has 1 aliphatic rings. The molecule has 2 heteroatoms. The van der Waals surface area contributed by atoms with E-state index in [0.29, 0.717) is 13.0 Å². The summed E-state index contributed by atoms with van der Waals surface area (Å²) < 4.78 is 5.29. The molecule has 0 heterocycles. The monoisotopic (exact) mass is 151 g/mol. The van der Waals surface area contributed by atoms with Crippen LogP contribution in [0.5, 0.6) is 0 Å². The van der Waals surface area contributed by atoms with Crippen LogP contribution >= 0.6 is 0 Å². The molecule has 1 fully saturated rings. The van der Waals surface area contributed by atoms with E-state index in [-0.39, 0.29) is 5.41 Å². The first kappa shape index (κ1) is 8.29. The molecule has 0 aromatic rings. The van der Waals surface area contributed by atoms with Crippen molar-refractivity contribution in [1.29, 1.82) is 5.26 Å². The third-order valence-electron chi connectivity index (χ3n) is 2.06. The highest BCUT2D eigenvalue weighted by atomic mass is 16.5. The number of rotatable bonds is 5. The average molecular weight is 151 g/mol. The Bertz CT molecular complexity index is 176. The molecule has 1 saturated carbocycles. The fourth-order valence-electron chi connectivity index (χ4n) is 1.08. The lowest BCUT2D eigenvalue weighted by molar-refractivity contribution is 0.114. The Balaban J connectivity index is 2.15. The van der Waals surface area contributed by atoms with Gasteiger partial charge in [-0.2, -0.15) is 5.26 Å². The zero-order valence-corrected chi connectivity index (χ0v) is 6.68. The van der Waals surface area contributed by atoms with Crippen LogP contribution in [0, 0.1) is 16.7 Å². The summed E-state index contributed by atoms with van der Waals surface area (Å²) in [5.74, 6) is 0. The highest BCUT2D eigenvalue weighted by Gasteiger charge is 2.42. The van der Waals surface area contributed by atoms with Crippen molar-refractivity contribution in [3.8, 4) is 6.07 Å². The lowest BCUT2D eigenvalue weighted by Crippen LogP contribution is -2.09. The van der Waals surface area contributed by atoms with Crippen molar-refractivity contribution in [2.24, 2.45) is 5.41 Å². The zero-order chi connectivity index (χ0) is 8.16. The van der Waals surface area contributed by atoms with Gasteiger partial charge < -0.3 is 4.74 Å². The van der Waals surface area contributed by atoms with Crippen LogP contribution in [-0.2, 0) is 4.74 Å². The van der Waals surface area contributed by atoms with Gasteiger partial charge in [0.25, 0.3) is 0 Å². The van der Waals surface area contributed by atoms with E-state index in [1.807, 2.05) is 0 Å². The summed E-state index contributed by atoms with van der Waals surface area (Å²) in [6.07, 6.45) is 4.68. The molecule has 0 radical (unpaired) electrons. The van der Waals surface area contributed by atoms with Crippen molar-refractivity contribution in [2.75, 3.05) is 13.2 Å². The quantitative estimate of drug-likeness (QED) is 0.444. The second kappa shape index (κ2) is 3.54. The minimum absolute atomic E-state index is 0.220. The third-order valence-corrected chi connectivity index (χ3v) is 2.06. The molecule has 0 aromatic carbocycles. The molecule has 0 saturated heterocycles. The Morgan fingerprint density at radius 2 is 2.36 bits per heavy atom. The lowest BCUT2D eigenvalue weighted by Gasteiger charge is -2.09. The standard InChI is InChI=1S/C9H13NO/c1-2-7-11-8-9(3-4-9)5-6-10/h2H,1,3-5,7-8H2. The number of hydrogen-bond acceptors (Lipinski definition) is 2. The molecule has 60 valence electrons. The van der Waals surface area contributed by atoms with Gasteiger partial charge in [0.2, 0.25) is 0 Å². The van der Waals surface area contributed by atoms with Crippen LogP contribution in [0.15, 0.2) is 12.7 Å². The van der Waals surface area contributed by atoms with Gasteiger partial charge in [-0.05, 0) is 12.8 Å². The first-order valence-electron chi connectivity index (χ1n) is 3.89. The van der Waals surface area contributed by atoms with Gasteiger partial charge in [-0.25, -0.2) is 0 Å². The van der Waals surface area contributed by atoms with Crippen molar-refractivity contribution < 1.29 is 4.74 Å². The predicted octanol–water partition coefficient (Wildman–Crippen LogP) is 1.88. The first-order valence-corrected chi connectivity index (χ1v) is 3.89. The maximum absolute atomic E-state index is 8.47. The van der Waals surface area contributed by atoms with Gasteiger partial charge in [0, 0.05) is 11.8 Å². The second-order valence-corrected chi connectivity index (χ2v) is 3.14. The van der Waals surface area contributed by atoms with Gasteiger partial charge in [0.05, 0.1) is 19.3 Å². The van der Waals surface area contributed by atoms with Gasteiger partial charge in [0.15, 0.2) is 0 Å². The molecule has 0 atom stereocenters. The number of nitrogens with zero attached hydrogens (tertiary/aromatic N) is 1. The van der Waals surface area contributed by atoms with Crippen LogP contribution in [0.25, 0.3) is 0 Å². The normalized spacial score (nSPS) is 18.8. The van der Waals surface area contributed by atoms with Crippen molar-refractivity contribution in [3.63, 3.8) is 0 Å². The summed E-state index contributed by atoms with van der Waals surface area (Å²) >= 11 is 0. The maximum atomic E-state index is 8.47. The fourth-order valence-corrected chi connectivity index (χ4v) is 1.08. The number of ether oxygens (including phenoxy) is 1. The summed E-state index contributed by atoms with van der Waals surface area (Å²) in [6, 6.07) is 2.19. The molecular formula is C9H13NO. The minimum Gasteiger partial charge on any atom is -0.377 e. The van der Waals surface area contributed by atoms with Crippen LogP contribution < -0.4 is 0 Å². The summed E-state index contributed by atoms with van der Waals surface area (Å²) in [5.41, 5.74) is 0.220. The Morgan fingerprint density at radius 3 is 2.82 bits per heavy atom. The van der Waals surface area contributed by atoms with E-state index in [1.54, 1.807) is 6.08 Å². The minimum atomic E-state index is 0.220. The number of hydrogen-bond donors (Lipinski definition) is 0. The molecule has 0 unspecified atom stereocenters. The van der Waals surface area contributed by atoms with Crippen molar-refractivity contribution in [3.05, 3.63) is 12.7 Å². The molecule has 2 nitrogen and oxygen atoms in total. The molecular weight excluding hydrogens is 138 g/mol. The Kier molecular flexibility index (Phi) is 2.67. The molecule has 11 heavy (non-hydrogen) atoms. The molecule has 0 aromatic heterocycles. The molecule has 1 aliphatic carbocycles. The van der Waals surface area contributed by atoms with E-state index in [0.717, 1.165) is 19.4 Å². The van der Waals surface area contributed by atoms with E-state index < -0.39 is 0 Å². The van der Waals surface area contributed by atoms with E-state index >= 15 is 0 Å². The second-order valence-electron chi connectivity index (χ2n) is 3.14. The molecule has 0 N–H and O–H groups in total. The molecule has 1 rings (SSSR count). The maximum Gasteiger partial charge on any atom is 0.0645 e. The first-order chi connectivity index (χ1) is 5.33. The van der Waals surface area contributed by atoms with Gasteiger partial charge in [-0.3, -0.25) is 0 Å². The fraction of sp³-hybridized carbons (Fsp3) is 0.667. The molecule has 0 spiro atoms. The van der Waals surface area contributed by atoms with Gasteiger partial charge in [0.1, 0.15) is 0 Å². The Hall–Kier alpha value is -0.810. The van der Waals surface area contributed by atoms with E-state index in [1.165, 1.54) is 0 Å². The van der Waals surface area contributed by atoms with E-state index in [4.69, 9.17) is 10.00 Å². The van der Waals surface area contributed by atoms with Crippen molar-refractivity contribution in [1.82, 2.24) is 0 Å². The highest BCUT2D eigenvalue weighted by Crippen LogP contribution is 2.48. The molecule has 0 bridgehead atoms. The average Bonchev–Trinajstić information content (AvgIpc) is 2.71. The van der Waals surface area contributed by atoms with Crippen LogP contribution in [0.4, 0.5) is 0 Å². The third kappa shape index (κ3) is 2.36. The summed E-state index contributed by atoms with van der Waals surface area (Å²) in [7, 11) is 0. The van der Waals surface area contributed by atoms with Crippen LogP contribution in [0.1, 0.15) is 19.3 Å². The summed E-state index contributed by atoms with van der Waals surface area (Å²) in [5, 5.41) is 8.47. The smallest absolute Gasteiger partial charge is 0.0645 e. The molecule has 0 amide bonds. The largest absolute Gasteiger partial charge is 0.377 e. The molecule has 0 aliphatic heterocycles. The van der Waals surface area contributed by atoms with Crippen LogP contribution in [0.2, 0.25) is 0 Å². The summed E-state index contributed by atoms with van der Waals surface area (Å²) in [6.45, 7) is 4.89. The Morgan fingerprint density at radius 1 is 1.64 bits per heavy atom. The summed E-state index contributed by atoms with van der Waals surface area (Å²) in [4.78, 5) is 0. The highest BCUT2D eigenvalue weighted by molar-refractivity contribution is 4.99. The number of nitriles is 1. The predicted molar refractivity (Wildman–Crippen MR) is 42.9 cm³/mol. The van der Waals surface area contributed by atoms with Crippen molar-refractivity contribution in [2.45, 2.75) is 19.3 Å². The lowest BCUT2D eigenvalue weighted by atomic mass is 10.1.